The van der Waals surface area contributed by atoms with E-state index in [-0.39, 0.29) is 43.1 Å². The van der Waals surface area contributed by atoms with E-state index in [2.05, 4.69) is 0 Å². The number of furan rings is 1. The number of carbonyl (C=O) groups excluding carboxylic acids is 3. The molecule has 0 unspecified atom stereocenters. The minimum absolute atomic E-state index is 0.115. The van der Waals surface area contributed by atoms with E-state index in [1.54, 1.807) is 35.2 Å². The second-order valence-corrected chi connectivity index (χ2v) is 9.20. The number of anilines is 1. The van der Waals surface area contributed by atoms with Crippen LogP contribution in [-0.2, 0) is 11.3 Å². The standard InChI is InChI=1S/C28H28N2O6/c1-18-5-8-24(19(2)13-18)34-16-23(31)20-6-9-25-22(14-20)30(27(32)17-35-25)15-21-7-10-26(36-21)28(33)29-11-3-4-12-29/h5-10,13-14H,3-4,11-12,15-17H2,1-2H3. The maximum atomic E-state index is 12.9. The number of hydrogen-bond donors (Lipinski definition) is 0. The number of rotatable bonds is 7. The van der Waals surface area contributed by atoms with Crippen molar-refractivity contribution in [3.05, 3.63) is 76.7 Å². The summed E-state index contributed by atoms with van der Waals surface area (Å²) in [5, 5.41) is 0. The second kappa shape index (κ2) is 9.89. The first-order valence-corrected chi connectivity index (χ1v) is 12.1. The molecule has 0 bridgehead atoms. The van der Waals surface area contributed by atoms with Crippen LogP contribution in [0.1, 0.15) is 50.6 Å². The lowest BCUT2D eigenvalue weighted by Crippen LogP contribution is -2.38. The van der Waals surface area contributed by atoms with Crippen LogP contribution in [0.3, 0.4) is 0 Å². The van der Waals surface area contributed by atoms with Gasteiger partial charge in [0.1, 0.15) is 17.3 Å². The van der Waals surface area contributed by atoms with Crippen LogP contribution in [0.15, 0.2) is 52.9 Å². The number of fused-ring (bicyclic) bond motifs is 1. The Morgan fingerprint density at radius 3 is 2.58 bits per heavy atom. The van der Waals surface area contributed by atoms with Crippen molar-refractivity contribution in [2.45, 2.75) is 33.2 Å². The molecule has 2 amide bonds. The van der Waals surface area contributed by atoms with E-state index in [9.17, 15) is 14.4 Å². The van der Waals surface area contributed by atoms with Gasteiger partial charge in [0.25, 0.3) is 11.8 Å². The van der Waals surface area contributed by atoms with Gasteiger partial charge < -0.3 is 18.8 Å². The third kappa shape index (κ3) is 4.84. The van der Waals surface area contributed by atoms with Crippen LogP contribution >= 0.6 is 0 Å². The molecule has 2 aliphatic heterocycles. The zero-order chi connectivity index (χ0) is 25.2. The SMILES string of the molecule is Cc1ccc(OCC(=O)c2ccc3c(c2)N(Cc2ccc(C(=O)N4CCCC4)o2)C(=O)CO3)c(C)c1. The van der Waals surface area contributed by atoms with E-state index < -0.39 is 0 Å². The molecule has 0 saturated carbocycles. The minimum atomic E-state index is -0.262. The first kappa shape index (κ1) is 23.7. The van der Waals surface area contributed by atoms with Crippen LogP contribution in [0, 0.1) is 13.8 Å². The Hall–Kier alpha value is -4.07. The summed E-state index contributed by atoms with van der Waals surface area (Å²) in [5.74, 6) is 1.29. The molecule has 1 fully saturated rings. The maximum absolute atomic E-state index is 12.9. The van der Waals surface area contributed by atoms with Crippen molar-refractivity contribution in [2.24, 2.45) is 0 Å². The van der Waals surface area contributed by atoms with Gasteiger partial charge in [-0.05, 0) is 68.7 Å². The summed E-state index contributed by atoms with van der Waals surface area (Å²) in [6.07, 6.45) is 1.99. The van der Waals surface area contributed by atoms with E-state index >= 15 is 0 Å². The molecule has 8 heteroatoms. The molecule has 0 radical (unpaired) electrons. The van der Waals surface area contributed by atoms with Gasteiger partial charge in [-0.2, -0.15) is 0 Å². The minimum Gasteiger partial charge on any atom is -0.485 e. The Kier molecular flexibility index (Phi) is 6.50. The fraction of sp³-hybridized carbons (Fsp3) is 0.321. The molecule has 3 heterocycles. The van der Waals surface area contributed by atoms with Crippen molar-refractivity contribution in [1.29, 1.82) is 0 Å². The highest BCUT2D eigenvalue weighted by Gasteiger charge is 2.29. The van der Waals surface area contributed by atoms with Crippen LogP contribution in [0.4, 0.5) is 5.69 Å². The van der Waals surface area contributed by atoms with E-state index in [1.165, 1.54) is 4.90 Å². The molecule has 0 N–H and O–H groups in total. The summed E-state index contributed by atoms with van der Waals surface area (Å²) in [5.41, 5.74) is 2.97. The lowest BCUT2D eigenvalue weighted by Gasteiger charge is -2.29. The Balaban J connectivity index is 1.32. The van der Waals surface area contributed by atoms with Crippen LogP contribution in [0.5, 0.6) is 11.5 Å². The Labute approximate surface area is 209 Å². The van der Waals surface area contributed by atoms with Gasteiger partial charge in [-0.1, -0.05) is 17.7 Å². The number of benzene rings is 2. The molecule has 0 spiro atoms. The predicted octanol–water partition coefficient (Wildman–Crippen LogP) is 4.32. The summed E-state index contributed by atoms with van der Waals surface area (Å²) in [7, 11) is 0. The molecule has 2 aliphatic rings. The van der Waals surface area contributed by atoms with Crippen molar-refractivity contribution in [2.75, 3.05) is 31.2 Å². The average molecular weight is 489 g/mol. The third-order valence-corrected chi connectivity index (χ3v) is 6.49. The van der Waals surface area contributed by atoms with E-state index in [0.29, 0.717) is 28.5 Å². The van der Waals surface area contributed by atoms with Crippen LogP contribution in [0.2, 0.25) is 0 Å². The predicted molar refractivity (Wildman–Crippen MR) is 133 cm³/mol. The van der Waals surface area contributed by atoms with Crippen molar-refractivity contribution in [3.63, 3.8) is 0 Å². The molecule has 1 saturated heterocycles. The normalized spacial score (nSPS) is 15.0. The Bertz CT molecular complexity index is 1320. The van der Waals surface area contributed by atoms with E-state index in [0.717, 1.165) is 37.1 Å². The van der Waals surface area contributed by atoms with Crippen LogP contribution in [-0.4, -0.2) is 48.8 Å². The summed E-state index contributed by atoms with van der Waals surface area (Å²) in [6.45, 7) is 5.28. The Morgan fingerprint density at radius 1 is 1.00 bits per heavy atom. The molecular weight excluding hydrogens is 460 g/mol. The molecule has 3 aromatic rings. The maximum Gasteiger partial charge on any atom is 0.289 e. The Morgan fingerprint density at radius 2 is 1.81 bits per heavy atom. The lowest BCUT2D eigenvalue weighted by atomic mass is 10.1. The molecular formula is C28H28N2O6. The smallest absolute Gasteiger partial charge is 0.289 e. The molecule has 5 rings (SSSR count). The number of carbonyl (C=O) groups is 3. The molecule has 186 valence electrons. The number of Topliss-reactive ketones (excluding diaryl/α,β-unsaturated/α-hetero) is 1. The summed E-state index contributed by atoms with van der Waals surface area (Å²) >= 11 is 0. The molecule has 0 atom stereocenters. The van der Waals surface area contributed by atoms with Gasteiger partial charge in [0.05, 0.1) is 12.2 Å². The summed E-state index contributed by atoms with van der Waals surface area (Å²) < 4.78 is 17.1. The van der Waals surface area contributed by atoms with Gasteiger partial charge >= 0.3 is 0 Å². The second-order valence-electron chi connectivity index (χ2n) is 9.20. The van der Waals surface area contributed by atoms with Gasteiger partial charge in [0, 0.05) is 18.7 Å². The van der Waals surface area contributed by atoms with E-state index in [1.807, 2.05) is 32.0 Å². The number of aryl methyl sites for hydroxylation is 2. The molecule has 2 aromatic carbocycles. The van der Waals surface area contributed by atoms with Crippen molar-refractivity contribution in [1.82, 2.24) is 4.90 Å². The van der Waals surface area contributed by atoms with Crippen molar-refractivity contribution < 1.29 is 28.3 Å². The first-order valence-electron chi connectivity index (χ1n) is 12.1. The number of likely N-dealkylation sites (tertiary alicyclic amines) is 1. The quantitative estimate of drug-likeness (QED) is 0.460. The first-order chi connectivity index (χ1) is 17.4. The van der Waals surface area contributed by atoms with Gasteiger partial charge in [0.2, 0.25) is 0 Å². The number of nitrogens with zero attached hydrogens (tertiary/aromatic N) is 2. The van der Waals surface area contributed by atoms with Gasteiger partial charge in [0.15, 0.2) is 24.8 Å². The monoisotopic (exact) mass is 488 g/mol. The van der Waals surface area contributed by atoms with Crippen molar-refractivity contribution >= 4 is 23.3 Å². The number of amides is 2. The van der Waals surface area contributed by atoms with Gasteiger partial charge in [-0.25, -0.2) is 0 Å². The van der Waals surface area contributed by atoms with Gasteiger partial charge in [-0.3, -0.25) is 19.3 Å². The summed E-state index contributed by atoms with van der Waals surface area (Å²) in [6, 6.07) is 14.1. The third-order valence-electron chi connectivity index (χ3n) is 6.49. The number of hydrogen-bond acceptors (Lipinski definition) is 6. The zero-order valence-corrected chi connectivity index (χ0v) is 20.4. The number of ether oxygens (including phenoxy) is 2. The molecule has 1 aromatic heterocycles. The van der Waals surface area contributed by atoms with Gasteiger partial charge in [-0.15, -0.1) is 0 Å². The van der Waals surface area contributed by atoms with Crippen LogP contribution < -0.4 is 14.4 Å². The molecule has 36 heavy (non-hydrogen) atoms. The fourth-order valence-electron chi connectivity index (χ4n) is 4.55. The highest BCUT2D eigenvalue weighted by molar-refractivity contribution is 6.02. The lowest BCUT2D eigenvalue weighted by molar-refractivity contribution is -0.121. The highest BCUT2D eigenvalue weighted by atomic mass is 16.5. The van der Waals surface area contributed by atoms with Crippen LogP contribution in [0.25, 0.3) is 0 Å². The molecule has 0 aliphatic carbocycles. The average Bonchev–Trinajstić information content (AvgIpc) is 3.57. The largest absolute Gasteiger partial charge is 0.485 e. The molecule has 8 nitrogen and oxygen atoms in total. The summed E-state index contributed by atoms with van der Waals surface area (Å²) in [4.78, 5) is 41.6. The highest BCUT2D eigenvalue weighted by Crippen LogP contribution is 2.34. The van der Waals surface area contributed by atoms with Crippen molar-refractivity contribution in [3.8, 4) is 11.5 Å². The number of ketones is 1. The zero-order valence-electron chi connectivity index (χ0n) is 20.4. The topological polar surface area (TPSA) is 89.3 Å². The van der Waals surface area contributed by atoms with E-state index in [4.69, 9.17) is 13.9 Å². The fourth-order valence-corrected chi connectivity index (χ4v) is 4.55.